The van der Waals surface area contributed by atoms with Crippen LogP contribution in [-0.4, -0.2) is 6.61 Å². The number of hydrogen-bond donors (Lipinski definition) is 0. The third-order valence-electron chi connectivity index (χ3n) is 8.04. The lowest BCUT2D eigenvalue weighted by atomic mass is 9.68. The van der Waals surface area contributed by atoms with Crippen LogP contribution in [0.4, 0.5) is 0 Å². The number of rotatable bonds is 13. The summed E-state index contributed by atoms with van der Waals surface area (Å²) in [5.74, 6) is 4.03. The molecule has 0 aromatic heterocycles. The van der Waals surface area contributed by atoms with Crippen LogP contribution in [0.3, 0.4) is 0 Å². The van der Waals surface area contributed by atoms with E-state index in [-0.39, 0.29) is 0 Å². The van der Waals surface area contributed by atoms with Crippen molar-refractivity contribution in [2.45, 2.75) is 96.5 Å². The summed E-state index contributed by atoms with van der Waals surface area (Å²) in [4.78, 5) is 0. The molecule has 0 amide bonds. The first kappa shape index (κ1) is 24.3. The second-order valence-electron chi connectivity index (χ2n) is 10.3. The van der Waals surface area contributed by atoms with E-state index in [9.17, 15) is 0 Å². The van der Waals surface area contributed by atoms with E-state index in [1.807, 2.05) is 6.08 Å². The van der Waals surface area contributed by atoms with E-state index in [0.717, 1.165) is 36.7 Å². The van der Waals surface area contributed by atoms with Crippen LogP contribution in [-0.2, 0) is 17.8 Å². The second kappa shape index (κ2) is 13.9. The van der Waals surface area contributed by atoms with Gasteiger partial charge in [0, 0.05) is 0 Å². The van der Waals surface area contributed by atoms with Crippen LogP contribution in [0.1, 0.15) is 94.6 Å². The molecule has 0 bridgehead atoms. The highest BCUT2D eigenvalue weighted by atomic mass is 16.5. The van der Waals surface area contributed by atoms with Gasteiger partial charge in [-0.15, -0.1) is 13.2 Å². The highest BCUT2D eigenvalue weighted by Gasteiger charge is 2.30. The van der Waals surface area contributed by atoms with Gasteiger partial charge in [-0.25, -0.2) is 0 Å². The molecule has 0 radical (unpaired) electrons. The molecule has 0 spiro atoms. The van der Waals surface area contributed by atoms with Gasteiger partial charge in [0.05, 0.1) is 13.2 Å². The standard InChI is InChI=1S/C30H46O/c1-3-5-23-31-24-28-13-11-26(12-14-28)9-6-7-10-27-17-21-30(22-18-27)29-19-15-25(8-4-2)16-20-29/h3-4,11-14,25,27,29-30H,1-2,5-10,15-24H2. The van der Waals surface area contributed by atoms with Gasteiger partial charge in [-0.05, 0) is 99.0 Å². The maximum absolute atomic E-state index is 5.65. The topological polar surface area (TPSA) is 9.23 Å². The molecule has 0 aliphatic heterocycles. The molecule has 2 aliphatic carbocycles. The molecule has 1 aromatic rings. The number of allylic oxidation sites excluding steroid dienone is 1. The van der Waals surface area contributed by atoms with Crippen LogP contribution in [0.15, 0.2) is 49.6 Å². The summed E-state index contributed by atoms with van der Waals surface area (Å²) in [5.41, 5.74) is 2.75. The fraction of sp³-hybridized carbons (Fsp3) is 0.667. The molecular weight excluding hydrogens is 376 g/mol. The van der Waals surface area contributed by atoms with E-state index in [0.29, 0.717) is 6.61 Å². The number of benzene rings is 1. The third kappa shape index (κ3) is 8.60. The second-order valence-corrected chi connectivity index (χ2v) is 10.3. The van der Waals surface area contributed by atoms with Crippen molar-refractivity contribution in [2.75, 3.05) is 6.61 Å². The van der Waals surface area contributed by atoms with Crippen molar-refractivity contribution >= 4 is 0 Å². The monoisotopic (exact) mass is 422 g/mol. The Bertz CT molecular complexity index is 614. The van der Waals surface area contributed by atoms with Crippen LogP contribution in [0.2, 0.25) is 0 Å². The van der Waals surface area contributed by atoms with Crippen LogP contribution in [0.5, 0.6) is 0 Å². The lowest BCUT2D eigenvalue weighted by molar-refractivity contribution is 0.125. The van der Waals surface area contributed by atoms with E-state index in [4.69, 9.17) is 4.74 Å². The average molecular weight is 423 g/mol. The maximum atomic E-state index is 5.65. The SMILES string of the molecule is C=CCCOCc1ccc(CCCCC2CCC(C3CCC(CC=C)CC3)CC2)cc1. The minimum atomic E-state index is 0.715. The molecule has 2 fully saturated rings. The summed E-state index contributed by atoms with van der Waals surface area (Å²) in [6.07, 6.45) is 23.5. The van der Waals surface area contributed by atoms with Gasteiger partial charge in [-0.2, -0.15) is 0 Å². The number of ether oxygens (including phenoxy) is 1. The molecule has 0 unspecified atom stereocenters. The Balaban J connectivity index is 1.24. The first-order chi connectivity index (χ1) is 15.3. The molecule has 31 heavy (non-hydrogen) atoms. The van der Waals surface area contributed by atoms with E-state index in [1.165, 1.54) is 94.6 Å². The van der Waals surface area contributed by atoms with Crippen molar-refractivity contribution in [3.8, 4) is 0 Å². The van der Waals surface area contributed by atoms with Crippen molar-refractivity contribution in [1.82, 2.24) is 0 Å². The summed E-state index contributed by atoms with van der Waals surface area (Å²) in [7, 11) is 0. The fourth-order valence-corrected chi connectivity index (χ4v) is 6.00. The summed E-state index contributed by atoms with van der Waals surface area (Å²) < 4.78 is 5.65. The van der Waals surface area contributed by atoms with Gasteiger partial charge in [0.2, 0.25) is 0 Å². The molecule has 1 heteroatoms. The quantitative estimate of drug-likeness (QED) is 0.228. The summed E-state index contributed by atoms with van der Waals surface area (Å²) in [5, 5.41) is 0. The zero-order chi connectivity index (χ0) is 21.7. The van der Waals surface area contributed by atoms with Crippen molar-refractivity contribution in [2.24, 2.45) is 23.7 Å². The summed E-state index contributed by atoms with van der Waals surface area (Å²) in [6, 6.07) is 9.05. The Kier molecular flexibility index (Phi) is 10.9. The highest BCUT2D eigenvalue weighted by Crippen LogP contribution is 2.42. The predicted octanol–water partition coefficient (Wildman–Crippen LogP) is 8.68. The first-order valence-corrected chi connectivity index (χ1v) is 13.2. The fourth-order valence-electron chi connectivity index (χ4n) is 6.00. The number of hydrogen-bond acceptors (Lipinski definition) is 1. The molecule has 3 rings (SSSR count). The molecule has 1 nitrogen and oxygen atoms in total. The van der Waals surface area contributed by atoms with Crippen molar-refractivity contribution < 1.29 is 4.74 Å². The number of aryl methyl sites for hydroxylation is 1. The van der Waals surface area contributed by atoms with Gasteiger partial charge >= 0.3 is 0 Å². The zero-order valence-electron chi connectivity index (χ0n) is 19.9. The molecule has 172 valence electrons. The first-order valence-electron chi connectivity index (χ1n) is 13.2. The minimum absolute atomic E-state index is 0.715. The van der Waals surface area contributed by atoms with E-state index >= 15 is 0 Å². The van der Waals surface area contributed by atoms with Gasteiger partial charge in [0.25, 0.3) is 0 Å². The Morgan fingerprint density at radius 3 is 1.97 bits per heavy atom. The van der Waals surface area contributed by atoms with E-state index in [2.05, 4.69) is 43.5 Å². The third-order valence-corrected chi connectivity index (χ3v) is 8.04. The number of unbranched alkanes of at least 4 members (excludes halogenated alkanes) is 1. The van der Waals surface area contributed by atoms with Crippen molar-refractivity contribution in [1.29, 1.82) is 0 Å². The Morgan fingerprint density at radius 2 is 1.35 bits per heavy atom. The highest BCUT2D eigenvalue weighted by molar-refractivity contribution is 5.22. The van der Waals surface area contributed by atoms with Crippen LogP contribution in [0, 0.1) is 23.7 Å². The Hall–Kier alpha value is -1.34. The van der Waals surface area contributed by atoms with Gasteiger partial charge in [0.15, 0.2) is 0 Å². The minimum Gasteiger partial charge on any atom is -0.376 e. The molecular formula is C30H46O. The van der Waals surface area contributed by atoms with Crippen molar-refractivity contribution in [3.05, 3.63) is 60.7 Å². The molecule has 0 N–H and O–H groups in total. The Morgan fingerprint density at radius 1 is 0.742 bits per heavy atom. The maximum Gasteiger partial charge on any atom is 0.0717 e. The average Bonchev–Trinajstić information content (AvgIpc) is 2.82. The lowest BCUT2D eigenvalue weighted by Crippen LogP contribution is -2.25. The van der Waals surface area contributed by atoms with Crippen LogP contribution in [0.25, 0.3) is 0 Å². The summed E-state index contributed by atoms with van der Waals surface area (Å²) in [6.45, 7) is 9.14. The van der Waals surface area contributed by atoms with Crippen molar-refractivity contribution in [3.63, 3.8) is 0 Å². The van der Waals surface area contributed by atoms with Gasteiger partial charge in [-0.3, -0.25) is 0 Å². The van der Waals surface area contributed by atoms with Crippen LogP contribution < -0.4 is 0 Å². The normalized spacial score (nSPS) is 26.5. The molecule has 0 saturated heterocycles. The smallest absolute Gasteiger partial charge is 0.0717 e. The van der Waals surface area contributed by atoms with Gasteiger partial charge < -0.3 is 4.74 Å². The van der Waals surface area contributed by atoms with Gasteiger partial charge in [-0.1, -0.05) is 62.1 Å². The summed E-state index contributed by atoms with van der Waals surface area (Å²) >= 11 is 0. The Labute approximate surface area is 192 Å². The van der Waals surface area contributed by atoms with Crippen LogP contribution >= 0.6 is 0 Å². The predicted molar refractivity (Wildman–Crippen MR) is 134 cm³/mol. The van der Waals surface area contributed by atoms with E-state index < -0.39 is 0 Å². The van der Waals surface area contributed by atoms with E-state index in [1.54, 1.807) is 0 Å². The molecule has 0 heterocycles. The molecule has 2 aliphatic rings. The van der Waals surface area contributed by atoms with Gasteiger partial charge in [0.1, 0.15) is 0 Å². The lowest BCUT2D eigenvalue weighted by Gasteiger charge is -2.37. The molecule has 2 saturated carbocycles. The zero-order valence-corrected chi connectivity index (χ0v) is 19.9. The largest absolute Gasteiger partial charge is 0.376 e. The molecule has 1 aromatic carbocycles. The molecule has 0 atom stereocenters.